The number of aromatic hydroxyl groups is 1. The predicted octanol–water partition coefficient (Wildman–Crippen LogP) is 1.04. The van der Waals surface area contributed by atoms with Crippen molar-refractivity contribution in [3.63, 3.8) is 0 Å². The number of ketones is 2. The summed E-state index contributed by atoms with van der Waals surface area (Å²) in [5.74, 6) is -6.65. The van der Waals surface area contributed by atoms with Crippen LogP contribution in [0.25, 0.3) is 5.76 Å². The molecule has 3 aliphatic carbocycles. The molecule has 0 unspecified atom stereocenters. The molecule has 3 atom stereocenters. The number of Topliss-reactive ketones (excluding diaryl/α,β-unsaturated/α-hetero) is 2. The molecule has 0 aliphatic heterocycles. The van der Waals surface area contributed by atoms with Crippen LogP contribution in [0.15, 0.2) is 23.0 Å². The van der Waals surface area contributed by atoms with Gasteiger partial charge in [-0.05, 0) is 41.9 Å². The fourth-order valence-electron chi connectivity index (χ4n) is 5.41. The van der Waals surface area contributed by atoms with Crippen LogP contribution >= 0.6 is 0 Å². The number of hydrogen-bond acceptors (Lipinski definition) is 8. The molecule has 9 nitrogen and oxygen atoms in total. The van der Waals surface area contributed by atoms with E-state index in [2.05, 4.69) is 0 Å². The van der Waals surface area contributed by atoms with Crippen molar-refractivity contribution in [2.24, 2.45) is 17.6 Å². The second kappa shape index (κ2) is 7.18. The first-order valence-electron chi connectivity index (χ1n) is 10.4. The summed E-state index contributed by atoms with van der Waals surface area (Å²) in [5.41, 5.74) is 3.18. The minimum Gasteiger partial charge on any atom is -0.508 e. The number of amides is 1. The molecule has 4 rings (SSSR count). The van der Waals surface area contributed by atoms with E-state index in [1.54, 1.807) is 6.07 Å². The van der Waals surface area contributed by atoms with Crippen LogP contribution < -0.4 is 5.73 Å². The van der Waals surface area contributed by atoms with Gasteiger partial charge in [-0.15, -0.1) is 0 Å². The van der Waals surface area contributed by atoms with Gasteiger partial charge in [-0.25, -0.2) is 0 Å². The van der Waals surface area contributed by atoms with Crippen LogP contribution in [0.2, 0.25) is 0 Å². The minimum atomic E-state index is -2.58. The number of phenols is 1. The highest BCUT2D eigenvalue weighted by Gasteiger charge is 2.60. The largest absolute Gasteiger partial charge is 0.508 e. The van der Waals surface area contributed by atoms with Gasteiger partial charge in [0.25, 0.3) is 5.91 Å². The van der Waals surface area contributed by atoms with Crippen LogP contribution in [0.4, 0.5) is 0 Å². The molecule has 1 fully saturated rings. The van der Waals surface area contributed by atoms with Crippen molar-refractivity contribution in [2.75, 3.05) is 0 Å². The van der Waals surface area contributed by atoms with Gasteiger partial charge >= 0.3 is 0 Å². The van der Waals surface area contributed by atoms with Crippen LogP contribution in [-0.2, 0) is 27.4 Å². The molecule has 0 radical (unpaired) electrons. The van der Waals surface area contributed by atoms with Crippen molar-refractivity contribution < 1.29 is 39.9 Å². The molecule has 7 N–H and O–H groups in total. The van der Waals surface area contributed by atoms with Crippen molar-refractivity contribution in [2.45, 2.75) is 51.2 Å². The average Bonchev–Trinajstić information content (AvgIpc) is 2.70. The second-order valence-electron chi connectivity index (χ2n) is 9.05. The molecule has 1 aromatic carbocycles. The molecule has 0 heterocycles. The number of fused-ring (bicyclic) bond motifs is 3. The highest BCUT2D eigenvalue weighted by molar-refractivity contribution is 6.22. The van der Waals surface area contributed by atoms with Gasteiger partial charge in [0.1, 0.15) is 22.8 Å². The fraction of sp³-hybridized carbons (Fsp3) is 0.435. The first-order chi connectivity index (χ1) is 14.9. The van der Waals surface area contributed by atoms with Crippen LogP contribution in [0, 0.1) is 11.8 Å². The normalized spacial score (nSPS) is 27.4. The van der Waals surface area contributed by atoms with Gasteiger partial charge in [0.05, 0.1) is 12.2 Å². The third kappa shape index (κ3) is 2.74. The van der Waals surface area contributed by atoms with E-state index in [1.165, 1.54) is 0 Å². The Labute approximate surface area is 183 Å². The standard InChI is InChI=1S/C23H25NO8/c1-8(2)12-5-10(7-25)18(27)16-13(12)4-9-3-11-6-14(26)17(22(24)31)21(30)23(11,32)20(29)15(9)19(16)28/h5,8-9,11,25,27-28,30,32H,3-4,6-7H2,1-2H3,(H2,24,31)/t9-,11+,23+/m1/s1. The van der Waals surface area contributed by atoms with Crippen molar-refractivity contribution >= 4 is 23.2 Å². The monoisotopic (exact) mass is 443 g/mol. The van der Waals surface area contributed by atoms with Gasteiger partial charge in [0.15, 0.2) is 11.4 Å². The van der Waals surface area contributed by atoms with Crippen molar-refractivity contribution in [3.8, 4) is 5.75 Å². The summed E-state index contributed by atoms with van der Waals surface area (Å²) < 4.78 is 0. The van der Waals surface area contributed by atoms with E-state index in [0.29, 0.717) is 5.56 Å². The molecule has 3 aliphatic rings. The zero-order valence-corrected chi connectivity index (χ0v) is 17.7. The lowest BCUT2D eigenvalue weighted by Crippen LogP contribution is -2.58. The van der Waals surface area contributed by atoms with E-state index in [-0.39, 0.29) is 47.6 Å². The number of aliphatic hydroxyl groups is 4. The van der Waals surface area contributed by atoms with Gasteiger partial charge in [-0.3, -0.25) is 14.4 Å². The van der Waals surface area contributed by atoms with Crippen LogP contribution in [0.5, 0.6) is 5.75 Å². The van der Waals surface area contributed by atoms with Gasteiger partial charge in [-0.1, -0.05) is 13.8 Å². The average molecular weight is 443 g/mol. The second-order valence-corrected chi connectivity index (χ2v) is 9.05. The maximum absolute atomic E-state index is 13.4. The Balaban J connectivity index is 1.97. The fourth-order valence-corrected chi connectivity index (χ4v) is 5.41. The number of benzene rings is 1. The maximum Gasteiger partial charge on any atom is 0.255 e. The first kappa shape index (κ1) is 22.0. The summed E-state index contributed by atoms with van der Waals surface area (Å²) in [6, 6.07) is 1.66. The highest BCUT2D eigenvalue weighted by Crippen LogP contribution is 2.53. The Hall–Kier alpha value is -3.17. The zero-order chi connectivity index (χ0) is 23.7. The van der Waals surface area contributed by atoms with Gasteiger partial charge in [0.2, 0.25) is 5.78 Å². The number of aliphatic hydroxyl groups excluding tert-OH is 3. The molecule has 170 valence electrons. The van der Waals surface area contributed by atoms with E-state index in [4.69, 9.17) is 5.73 Å². The smallest absolute Gasteiger partial charge is 0.255 e. The summed E-state index contributed by atoms with van der Waals surface area (Å²) in [5, 5.41) is 53.2. The SMILES string of the molecule is CC(C)c1cc(CO)c(O)c2c1C[C@H]1C[C@H]3CC(=O)C(C(N)=O)=C(O)[C@@]3(O)C(=O)C1=C2O. The Morgan fingerprint density at radius 2 is 1.88 bits per heavy atom. The number of primary amides is 1. The number of rotatable bonds is 3. The van der Waals surface area contributed by atoms with Crippen molar-refractivity contribution in [1.82, 2.24) is 0 Å². The van der Waals surface area contributed by atoms with E-state index in [0.717, 1.165) is 5.56 Å². The van der Waals surface area contributed by atoms with Crippen LogP contribution in [0.1, 0.15) is 54.9 Å². The Morgan fingerprint density at radius 1 is 1.22 bits per heavy atom. The zero-order valence-electron chi connectivity index (χ0n) is 17.7. The third-order valence-corrected chi connectivity index (χ3v) is 6.97. The van der Waals surface area contributed by atoms with Crippen LogP contribution in [0.3, 0.4) is 0 Å². The summed E-state index contributed by atoms with van der Waals surface area (Å²) in [6.45, 7) is 3.35. The summed E-state index contributed by atoms with van der Waals surface area (Å²) in [4.78, 5) is 37.5. The molecular weight excluding hydrogens is 418 g/mol. The number of hydrogen-bond donors (Lipinski definition) is 6. The molecule has 1 aromatic rings. The molecule has 0 bridgehead atoms. The lowest BCUT2D eigenvalue weighted by atomic mass is 9.59. The van der Waals surface area contributed by atoms with E-state index < -0.39 is 58.6 Å². The van der Waals surface area contributed by atoms with E-state index in [9.17, 15) is 39.9 Å². The quantitative estimate of drug-likeness (QED) is 0.375. The molecule has 0 aromatic heterocycles. The van der Waals surface area contributed by atoms with Gasteiger partial charge in [-0.2, -0.15) is 0 Å². The van der Waals surface area contributed by atoms with Gasteiger partial charge in [0, 0.05) is 23.5 Å². The van der Waals surface area contributed by atoms with Crippen molar-refractivity contribution in [1.29, 1.82) is 0 Å². The molecule has 32 heavy (non-hydrogen) atoms. The minimum absolute atomic E-state index is 0.00683. The van der Waals surface area contributed by atoms with Crippen LogP contribution in [-0.4, -0.2) is 48.6 Å². The first-order valence-corrected chi connectivity index (χ1v) is 10.4. The number of nitrogens with two attached hydrogens (primary N) is 1. The molecule has 1 saturated carbocycles. The lowest BCUT2D eigenvalue weighted by Gasteiger charge is -2.46. The molecule has 0 saturated heterocycles. The van der Waals surface area contributed by atoms with E-state index in [1.807, 2.05) is 13.8 Å². The van der Waals surface area contributed by atoms with E-state index >= 15 is 0 Å². The summed E-state index contributed by atoms with van der Waals surface area (Å²) in [6.07, 6.45) is -0.0160. The topological polar surface area (TPSA) is 178 Å². The summed E-state index contributed by atoms with van der Waals surface area (Å²) in [7, 11) is 0. The molecule has 9 heteroatoms. The summed E-state index contributed by atoms with van der Waals surface area (Å²) >= 11 is 0. The molecular formula is C23H25NO8. The highest BCUT2D eigenvalue weighted by atomic mass is 16.3. The Kier molecular flexibility index (Phi) is 4.94. The molecule has 1 amide bonds. The predicted molar refractivity (Wildman–Crippen MR) is 111 cm³/mol. The van der Waals surface area contributed by atoms with Crippen molar-refractivity contribution in [3.05, 3.63) is 45.2 Å². The van der Waals surface area contributed by atoms with Gasteiger partial charge < -0.3 is 31.3 Å². The third-order valence-electron chi connectivity index (χ3n) is 6.97. The Morgan fingerprint density at radius 3 is 2.44 bits per heavy atom. The Bertz CT molecular complexity index is 1150. The number of carbonyl (C=O) groups excluding carboxylic acids is 3. The lowest BCUT2D eigenvalue weighted by molar-refractivity contribution is -0.147. The molecule has 0 spiro atoms. The maximum atomic E-state index is 13.4. The number of carbonyl (C=O) groups is 3.